The predicted octanol–water partition coefficient (Wildman–Crippen LogP) is 3.70. The molecular weight excluding hydrogens is 290 g/mol. The minimum Gasteiger partial charge on any atom is -0.497 e. The summed E-state index contributed by atoms with van der Waals surface area (Å²) in [7, 11) is 2.92. The third-order valence-corrected chi connectivity index (χ3v) is 3.17. The second kappa shape index (κ2) is 6.90. The topological polar surface area (TPSA) is 48.4 Å². The molecule has 0 bridgehead atoms. The van der Waals surface area contributed by atoms with Crippen LogP contribution in [-0.2, 0) is 4.74 Å². The van der Waals surface area contributed by atoms with Crippen LogP contribution in [0.25, 0.3) is 12.2 Å². The molecule has 0 saturated heterocycles. The van der Waals surface area contributed by atoms with Gasteiger partial charge in [-0.15, -0.1) is 0 Å². The van der Waals surface area contributed by atoms with Gasteiger partial charge in [-0.25, -0.2) is 4.79 Å². The molecule has 0 fully saturated rings. The Morgan fingerprint density at radius 1 is 1.19 bits per heavy atom. The molecule has 0 aliphatic heterocycles. The predicted molar refractivity (Wildman–Crippen MR) is 82.5 cm³/mol. The Hall–Kier alpha value is -2.33. The largest absolute Gasteiger partial charge is 0.497 e. The van der Waals surface area contributed by atoms with Crippen molar-refractivity contribution in [2.75, 3.05) is 14.2 Å². The van der Waals surface area contributed by atoms with E-state index in [0.29, 0.717) is 16.3 Å². The molecule has 1 aromatic heterocycles. The number of nitrogens with zero attached hydrogens (tertiary/aromatic N) is 1. The molecular formula is C16H14ClNO3. The van der Waals surface area contributed by atoms with Gasteiger partial charge in [-0.2, -0.15) is 0 Å². The van der Waals surface area contributed by atoms with E-state index < -0.39 is 5.97 Å². The number of benzene rings is 1. The number of aromatic nitrogens is 1. The summed E-state index contributed by atoms with van der Waals surface area (Å²) in [5.74, 6) is 0.284. The van der Waals surface area contributed by atoms with Crippen molar-refractivity contribution in [3.8, 4) is 5.75 Å². The molecule has 0 saturated carbocycles. The van der Waals surface area contributed by atoms with Crippen molar-refractivity contribution in [2.24, 2.45) is 0 Å². The lowest BCUT2D eigenvalue weighted by molar-refractivity contribution is 0.0600. The average Bonchev–Trinajstić information content (AvgIpc) is 2.53. The van der Waals surface area contributed by atoms with Crippen LogP contribution in [0.4, 0.5) is 0 Å². The molecule has 5 heteroatoms. The fourth-order valence-electron chi connectivity index (χ4n) is 1.73. The smallest absolute Gasteiger partial charge is 0.339 e. The fourth-order valence-corrected chi connectivity index (χ4v) is 1.97. The Bertz CT molecular complexity index is 683. The van der Waals surface area contributed by atoms with Crippen LogP contribution in [0.3, 0.4) is 0 Å². The van der Waals surface area contributed by atoms with Crippen LogP contribution >= 0.6 is 11.6 Å². The number of methoxy groups -OCH3 is 2. The maximum Gasteiger partial charge on any atom is 0.339 e. The Balaban J connectivity index is 2.23. The van der Waals surface area contributed by atoms with Crippen LogP contribution in [0.1, 0.15) is 21.5 Å². The number of pyridine rings is 1. The van der Waals surface area contributed by atoms with E-state index in [1.807, 2.05) is 24.3 Å². The molecule has 0 aliphatic carbocycles. The number of carbonyl (C=O) groups excluding carboxylic acids is 1. The quantitative estimate of drug-likeness (QED) is 0.808. The fraction of sp³-hybridized carbons (Fsp3) is 0.125. The number of ether oxygens (including phenoxy) is 2. The van der Waals surface area contributed by atoms with Gasteiger partial charge in [0.05, 0.1) is 24.8 Å². The zero-order valence-corrected chi connectivity index (χ0v) is 12.4. The molecule has 0 aliphatic rings. The van der Waals surface area contributed by atoms with Gasteiger partial charge < -0.3 is 9.47 Å². The zero-order valence-electron chi connectivity index (χ0n) is 11.7. The lowest BCUT2D eigenvalue weighted by atomic mass is 10.1. The maximum absolute atomic E-state index is 11.4. The number of halogens is 1. The minimum absolute atomic E-state index is 0.403. The Kier molecular flexibility index (Phi) is 4.95. The van der Waals surface area contributed by atoms with Crippen molar-refractivity contribution >= 4 is 29.7 Å². The average molecular weight is 304 g/mol. The molecule has 0 spiro atoms. The first kappa shape index (κ1) is 15.1. The highest BCUT2D eigenvalue weighted by Crippen LogP contribution is 2.24. The monoisotopic (exact) mass is 303 g/mol. The van der Waals surface area contributed by atoms with Crippen LogP contribution in [0.2, 0.25) is 5.02 Å². The summed E-state index contributed by atoms with van der Waals surface area (Å²) in [5, 5.41) is 0.586. The highest BCUT2D eigenvalue weighted by atomic mass is 35.5. The molecule has 0 N–H and O–H groups in total. The zero-order chi connectivity index (χ0) is 15.2. The lowest BCUT2D eigenvalue weighted by Gasteiger charge is -2.03. The molecule has 1 heterocycles. The summed E-state index contributed by atoms with van der Waals surface area (Å²) >= 11 is 6.16. The van der Waals surface area contributed by atoms with E-state index in [9.17, 15) is 4.79 Å². The van der Waals surface area contributed by atoms with Crippen molar-refractivity contribution < 1.29 is 14.3 Å². The van der Waals surface area contributed by atoms with E-state index >= 15 is 0 Å². The number of hydrogen-bond donors (Lipinski definition) is 0. The summed E-state index contributed by atoms with van der Waals surface area (Å²) < 4.78 is 9.76. The summed E-state index contributed by atoms with van der Waals surface area (Å²) in [5.41, 5.74) is 2.03. The summed E-state index contributed by atoms with van der Waals surface area (Å²) in [6, 6.07) is 7.13. The molecule has 4 nitrogen and oxygen atoms in total. The van der Waals surface area contributed by atoms with Crippen molar-refractivity contribution in [1.82, 2.24) is 4.98 Å². The van der Waals surface area contributed by atoms with Crippen molar-refractivity contribution in [1.29, 1.82) is 0 Å². The molecule has 2 rings (SSSR count). The van der Waals surface area contributed by atoms with Crippen LogP contribution < -0.4 is 4.74 Å². The Labute approximate surface area is 128 Å². The second-order valence-electron chi connectivity index (χ2n) is 4.22. The van der Waals surface area contributed by atoms with Gasteiger partial charge in [0.1, 0.15) is 5.75 Å². The van der Waals surface area contributed by atoms with Gasteiger partial charge in [0.25, 0.3) is 0 Å². The number of carbonyl (C=O) groups is 1. The molecule has 0 radical (unpaired) electrons. The SMILES string of the molecule is COC(=O)c1cncc(/C=C/c2ccc(OC)cc2Cl)c1. The first-order valence-electron chi connectivity index (χ1n) is 6.19. The third-order valence-electron chi connectivity index (χ3n) is 2.84. The van der Waals surface area contributed by atoms with Crippen LogP contribution in [0, 0.1) is 0 Å². The molecule has 0 atom stereocenters. The highest BCUT2D eigenvalue weighted by Gasteiger charge is 2.05. The van der Waals surface area contributed by atoms with Crippen LogP contribution in [-0.4, -0.2) is 25.2 Å². The lowest BCUT2D eigenvalue weighted by Crippen LogP contribution is -2.01. The van der Waals surface area contributed by atoms with Gasteiger partial charge in [0, 0.05) is 12.4 Å². The Morgan fingerprint density at radius 2 is 2.00 bits per heavy atom. The second-order valence-corrected chi connectivity index (χ2v) is 4.63. The molecule has 0 unspecified atom stereocenters. The number of hydrogen-bond acceptors (Lipinski definition) is 4. The van der Waals surface area contributed by atoms with E-state index in [-0.39, 0.29) is 0 Å². The van der Waals surface area contributed by atoms with E-state index in [0.717, 1.165) is 11.1 Å². The van der Waals surface area contributed by atoms with Gasteiger partial charge in [0.15, 0.2) is 0 Å². The molecule has 21 heavy (non-hydrogen) atoms. The Morgan fingerprint density at radius 3 is 2.67 bits per heavy atom. The van der Waals surface area contributed by atoms with Crippen molar-refractivity contribution in [3.05, 3.63) is 58.4 Å². The summed E-state index contributed by atoms with van der Waals surface area (Å²) in [4.78, 5) is 15.5. The molecule has 2 aromatic rings. The van der Waals surface area contributed by atoms with Crippen molar-refractivity contribution in [3.63, 3.8) is 0 Å². The van der Waals surface area contributed by atoms with E-state index in [2.05, 4.69) is 9.72 Å². The summed E-state index contributed by atoms with van der Waals surface area (Å²) in [6.45, 7) is 0. The van der Waals surface area contributed by atoms with Crippen LogP contribution in [0.5, 0.6) is 5.75 Å². The molecule has 0 amide bonds. The normalized spacial score (nSPS) is 10.6. The van der Waals surface area contributed by atoms with Crippen LogP contribution in [0.15, 0.2) is 36.7 Å². The van der Waals surface area contributed by atoms with E-state index in [4.69, 9.17) is 16.3 Å². The highest BCUT2D eigenvalue weighted by molar-refractivity contribution is 6.32. The first-order valence-corrected chi connectivity index (χ1v) is 6.57. The van der Waals surface area contributed by atoms with E-state index in [1.165, 1.54) is 13.3 Å². The van der Waals surface area contributed by atoms with Gasteiger partial charge in [-0.05, 0) is 35.4 Å². The number of esters is 1. The maximum atomic E-state index is 11.4. The van der Waals surface area contributed by atoms with Crippen molar-refractivity contribution in [2.45, 2.75) is 0 Å². The third kappa shape index (κ3) is 3.83. The van der Waals surface area contributed by atoms with Gasteiger partial charge in [-0.1, -0.05) is 23.8 Å². The molecule has 1 aromatic carbocycles. The number of rotatable bonds is 4. The van der Waals surface area contributed by atoms with Gasteiger partial charge in [-0.3, -0.25) is 4.98 Å². The van der Waals surface area contributed by atoms with Gasteiger partial charge in [0.2, 0.25) is 0 Å². The standard InChI is InChI=1S/C16H14ClNO3/c1-20-14-6-5-12(15(17)8-14)4-3-11-7-13(10-18-9-11)16(19)21-2/h3-10H,1-2H3/b4-3+. The summed E-state index contributed by atoms with van der Waals surface area (Å²) in [6.07, 6.45) is 6.79. The van der Waals surface area contributed by atoms with Gasteiger partial charge >= 0.3 is 5.97 Å². The molecule has 108 valence electrons. The van der Waals surface area contributed by atoms with E-state index in [1.54, 1.807) is 25.4 Å². The minimum atomic E-state index is -0.416. The first-order chi connectivity index (χ1) is 10.1.